The Bertz CT molecular complexity index is 1030. The largest absolute Gasteiger partial charge is 0.445 e. The molecule has 1 aliphatic rings. The number of thiol groups is 1. The maximum atomic E-state index is 13.4. The molecule has 0 spiro atoms. The number of carbonyl (C=O) groups is 5. The summed E-state index contributed by atoms with van der Waals surface area (Å²) in [6.07, 6.45) is 0.182. The lowest BCUT2D eigenvalue weighted by atomic mass is 9.84. The molecule has 216 valence electrons. The SMILES string of the molecule is CC(C)(C)C[C@H](NC(=O)[C@@H](NC(=O)OCc1ccccc1)C(C)(C)C)C(=O)N[C@@H](C[C@@H]1CCNC1=O)C(=O)S. The summed E-state index contributed by atoms with van der Waals surface area (Å²) in [5, 5.41) is 10.2. The average molecular weight is 563 g/mol. The van der Waals surface area contributed by atoms with Crippen molar-refractivity contribution in [3.8, 4) is 0 Å². The summed E-state index contributed by atoms with van der Waals surface area (Å²) in [6, 6.07) is 6.15. The molecule has 1 fully saturated rings. The van der Waals surface area contributed by atoms with Gasteiger partial charge in [-0.1, -0.05) is 71.9 Å². The van der Waals surface area contributed by atoms with E-state index in [0.717, 1.165) is 5.56 Å². The first-order valence-electron chi connectivity index (χ1n) is 13.2. The molecular formula is C28H42N4O6S. The van der Waals surface area contributed by atoms with Crippen molar-refractivity contribution in [1.82, 2.24) is 21.3 Å². The summed E-state index contributed by atoms with van der Waals surface area (Å²) in [7, 11) is 0. The number of benzene rings is 1. The van der Waals surface area contributed by atoms with Gasteiger partial charge in [0.15, 0.2) is 0 Å². The molecule has 1 aromatic carbocycles. The Balaban J connectivity index is 2.13. The number of alkyl carbamates (subject to hydrolysis) is 1. The van der Waals surface area contributed by atoms with Crippen molar-refractivity contribution >= 4 is 41.6 Å². The Hall–Kier alpha value is -3.08. The molecule has 0 aliphatic carbocycles. The molecule has 0 radical (unpaired) electrons. The summed E-state index contributed by atoms with van der Waals surface area (Å²) in [4.78, 5) is 63.6. The standard InChI is InChI=1S/C28H42N4O6S/c1-27(2,3)15-20(23(34)30-19(25(36)39)14-18-12-13-29-22(18)33)31-24(35)21(28(4,5)6)32-26(37)38-16-17-10-8-7-9-11-17/h7-11,18-21H,12-16H2,1-6H3,(H,29,33)(H,30,34)(H,31,35)(H,32,37)(H,36,39)/t18-,19-,20-,21+/m0/s1. The molecule has 1 heterocycles. The molecular weight excluding hydrogens is 520 g/mol. The third-order valence-corrected chi connectivity index (χ3v) is 6.66. The Morgan fingerprint density at radius 3 is 2.10 bits per heavy atom. The fourth-order valence-corrected chi connectivity index (χ4v) is 4.45. The highest BCUT2D eigenvalue weighted by Gasteiger charge is 2.38. The van der Waals surface area contributed by atoms with Crippen LogP contribution in [0.25, 0.3) is 0 Å². The number of carbonyl (C=O) groups excluding carboxylic acids is 5. The first-order chi connectivity index (χ1) is 18.1. The van der Waals surface area contributed by atoms with Crippen LogP contribution in [-0.2, 0) is 30.5 Å². The Labute approximate surface area is 236 Å². The summed E-state index contributed by atoms with van der Waals surface area (Å²) >= 11 is 3.91. The van der Waals surface area contributed by atoms with Gasteiger partial charge in [-0.3, -0.25) is 19.2 Å². The summed E-state index contributed by atoms with van der Waals surface area (Å²) in [6.45, 7) is 11.7. The molecule has 1 aliphatic heterocycles. The number of rotatable bonds is 11. The number of hydrogen-bond acceptors (Lipinski definition) is 6. The van der Waals surface area contributed by atoms with E-state index in [4.69, 9.17) is 4.74 Å². The van der Waals surface area contributed by atoms with Crippen molar-refractivity contribution in [3.05, 3.63) is 35.9 Å². The Kier molecular flexibility index (Phi) is 11.4. The van der Waals surface area contributed by atoms with Gasteiger partial charge in [0.2, 0.25) is 22.8 Å². The van der Waals surface area contributed by atoms with Crippen LogP contribution in [0.3, 0.4) is 0 Å². The third-order valence-electron chi connectivity index (χ3n) is 6.35. The third kappa shape index (κ3) is 10.9. The number of hydrogen-bond donors (Lipinski definition) is 5. The lowest BCUT2D eigenvalue weighted by Crippen LogP contribution is -2.59. The number of amides is 4. The Morgan fingerprint density at radius 1 is 0.974 bits per heavy atom. The predicted molar refractivity (Wildman–Crippen MR) is 151 cm³/mol. The number of ether oxygens (including phenoxy) is 1. The van der Waals surface area contributed by atoms with E-state index >= 15 is 0 Å². The second-order valence-corrected chi connectivity index (χ2v) is 12.7. The maximum absolute atomic E-state index is 13.4. The van der Waals surface area contributed by atoms with Gasteiger partial charge in [-0.15, -0.1) is 12.6 Å². The summed E-state index contributed by atoms with van der Waals surface area (Å²) < 4.78 is 5.30. The van der Waals surface area contributed by atoms with E-state index in [-0.39, 0.29) is 30.8 Å². The van der Waals surface area contributed by atoms with Crippen LogP contribution in [0, 0.1) is 16.7 Å². The van der Waals surface area contributed by atoms with E-state index in [1.165, 1.54) is 0 Å². The molecule has 4 atom stereocenters. The van der Waals surface area contributed by atoms with E-state index in [2.05, 4.69) is 33.9 Å². The summed E-state index contributed by atoms with van der Waals surface area (Å²) in [5.74, 6) is -1.70. The molecule has 0 saturated carbocycles. The normalized spacial score (nSPS) is 17.8. The highest BCUT2D eigenvalue weighted by molar-refractivity contribution is 7.96. The zero-order valence-electron chi connectivity index (χ0n) is 23.6. The van der Waals surface area contributed by atoms with Crippen LogP contribution in [0.15, 0.2) is 30.3 Å². The zero-order valence-corrected chi connectivity index (χ0v) is 24.5. The van der Waals surface area contributed by atoms with Gasteiger partial charge >= 0.3 is 6.09 Å². The summed E-state index contributed by atoms with van der Waals surface area (Å²) in [5.41, 5.74) is -0.270. The van der Waals surface area contributed by atoms with E-state index < -0.39 is 52.5 Å². The van der Waals surface area contributed by atoms with Gasteiger partial charge < -0.3 is 26.0 Å². The molecule has 11 heteroatoms. The fourth-order valence-electron chi connectivity index (χ4n) is 4.28. The fraction of sp³-hybridized carbons (Fsp3) is 0.607. The van der Waals surface area contributed by atoms with Gasteiger partial charge in [0, 0.05) is 12.5 Å². The maximum Gasteiger partial charge on any atom is 0.408 e. The van der Waals surface area contributed by atoms with Crippen molar-refractivity contribution in [3.63, 3.8) is 0 Å². The minimum absolute atomic E-state index is 0.0401. The molecule has 0 aromatic heterocycles. The lowest BCUT2D eigenvalue weighted by molar-refractivity contribution is -0.133. The van der Waals surface area contributed by atoms with E-state index in [9.17, 15) is 24.0 Å². The van der Waals surface area contributed by atoms with Gasteiger partial charge in [0.25, 0.3) is 0 Å². The van der Waals surface area contributed by atoms with Crippen LogP contribution in [0.4, 0.5) is 4.79 Å². The molecule has 0 bridgehead atoms. The molecule has 10 nitrogen and oxygen atoms in total. The van der Waals surface area contributed by atoms with Gasteiger partial charge in [0.1, 0.15) is 18.7 Å². The Morgan fingerprint density at radius 2 is 1.59 bits per heavy atom. The van der Waals surface area contributed by atoms with Crippen molar-refractivity contribution in [2.75, 3.05) is 6.54 Å². The highest BCUT2D eigenvalue weighted by atomic mass is 32.1. The van der Waals surface area contributed by atoms with Gasteiger partial charge in [-0.05, 0) is 35.7 Å². The topological polar surface area (TPSA) is 143 Å². The zero-order chi connectivity index (χ0) is 29.4. The van der Waals surface area contributed by atoms with Crippen molar-refractivity contribution in [2.45, 2.75) is 85.5 Å². The first-order valence-corrected chi connectivity index (χ1v) is 13.6. The molecule has 39 heavy (non-hydrogen) atoms. The van der Waals surface area contributed by atoms with Gasteiger partial charge in [0.05, 0.1) is 6.04 Å². The molecule has 1 aromatic rings. The smallest absolute Gasteiger partial charge is 0.408 e. The molecule has 4 N–H and O–H groups in total. The van der Waals surface area contributed by atoms with E-state index in [1.54, 1.807) is 20.8 Å². The predicted octanol–water partition coefficient (Wildman–Crippen LogP) is 2.72. The molecule has 4 amide bonds. The quantitative estimate of drug-likeness (QED) is 0.263. The van der Waals surface area contributed by atoms with Crippen LogP contribution in [-0.4, -0.2) is 53.6 Å². The van der Waals surface area contributed by atoms with Gasteiger partial charge in [-0.2, -0.15) is 0 Å². The number of nitrogens with one attached hydrogen (secondary N) is 4. The minimum atomic E-state index is -1.01. The second kappa shape index (κ2) is 13.8. The highest BCUT2D eigenvalue weighted by Crippen LogP contribution is 2.24. The second-order valence-electron chi connectivity index (χ2n) is 12.2. The van der Waals surface area contributed by atoms with Crippen molar-refractivity contribution in [2.24, 2.45) is 16.7 Å². The molecule has 2 rings (SSSR count). The van der Waals surface area contributed by atoms with Crippen LogP contribution in [0.1, 0.15) is 66.4 Å². The van der Waals surface area contributed by atoms with Crippen LogP contribution in [0.2, 0.25) is 0 Å². The van der Waals surface area contributed by atoms with Crippen LogP contribution >= 0.6 is 12.6 Å². The lowest BCUT2D eigenvalue weighted by Gasteiger charge is -2.33. The minimum Gasteiger partial charge on any atom is -0.445 e. The van der Waals surface area contributed by atoms with E-state index in [1.807, 2.05) is 51.1 Å². The monoisotopic (exact) mass is 562 g/mol. The molecule has 1 saturated heterocycles. The molecule has 0 unspecified atom stereocenters. The first kappa shape index (κ1) is 32.1. The average Bonchev–Trinajstić information content (AvgIpc) is 3.23. The van der Waals surface area contributed by atoms with Crippen molar-refractivity contribution < 1.29 is 28.7 Å². The van der Waals surface area contributed by atoms with Gasteiger partial charge in [-0.25, -0.2) is 4.79 Å². The van der Waals surface area contributed by atoms with Crippen LogP contribution in [0.5, 0.6) is 0 Å². The van der Waals surface area contributed by atoms with Crippen LogP contribution < -0.4 is 21.3 Å². The van der Waals surface area contributed by atoms with Crippen molar-refractivity contribution in [1.29, 1.82) is 0 Å². The van der Waals surface area contributed by atoms with E-state index in [0.29, 0.717) is 13.0 Å².